The number of aromatic nitrogens is 1. The van der Waals surface area contributed by atoms with Gasteiger partial charge in [0.25, 0.3) is 5.91 Å². The van der Waals surface area contributed by atoms with E-state index in [2.05, 4.69) is 20.5 Å². The molecule has 4 N–H and O–H groups in total. The van der Waals surface area contributed by atoms with Crippen LogP contribution in [0.3, 0.4) is 0 Å². The Morgan fingerprint density at radius 3 is 3.06 bits per heavy atom. The topological polar surface area (TPSA) is 120 Å². The Morgan fingerprint density at radius 1 is 1.56 bits per heavy atom. The highest BCUT2D eigenvalue weighted by Gasteiger charge is 2.19. The monoisotopic (exact) mass is 244 g/mol. The van der Waals surface area contributed by atoms with E-state index in [-0.39, 0.29) is 0 Å². The van der Waals surface area contributed by atoms with Crippen molar-refractivity contribution >= 4 is 16.8 Å². The van der Waals surface area contributed by atoms with Crippen LogP contribution in [0.1, 0.15) is 5.56 Å². The molecule has 1 amide bonds. The molecule has 0 bridgehead atoms. The first-order valence-electron chi connectivity index (χ1n) is 5.36. The third-order valence-electron chi connectivity index (χ3n) is 2.70. The van der Waals surface area contributed by atoms with Gasteiger partial charge in [0, 0.05) is 23.5 Å². The van der Waals surface area contributed by atoms with Crippen molar-refractivity contribution in [3.8, 4) is 0 Å². The van der Waals surface area contributed by atoms with Crippen LogP contribution < -0.4 is 11.2 Å². The predicted molar refractivity (Wildman–Crippen MR) is 67.3 cm³/mol. The lowest BCUT2D eigenvalue weighted by Crippen LogP contribution is -2.40. The number of nitrogens with two attached hydrogens (primary N) is 1. The molecular formula is C11H12N6O. The van der Waals surface area contributed by atoms with Crippen molar-refractivity contribution in [1.82, 2.24) is 10.4 Å². The molecule has 7 heteroatoms. The summed E-state index contributed by atoms with van der Waals surface area (Å²) in [6.45, 7) is 0. The molecule has 0 saturated carbocycles. The van der Waals surface area contributed by atoms with Gasteiger partial charge in [0.05, 0.1) is 0 Å². The molecule has 0 aliphatic rings. The van der Waals surface area contributed by atoms with E-state index in [1.165, 1.54) is 0 Å². The highest BCUT2D eigenvalue weighted by atomic mass is 16.1. The standard InChI is InChI=1S/C11H12N6O/c12-11(18)10(15-17-16-13)5-7-6-14-9-4-2-1-3-8(7)9/h1-4,6,10,14-15H,5H2,(H2,12,18)/t10-/m0/s1. The number of primary amides is 1. The molecule has 0 aliphatic heterocycles. The third kappa shape index (κ3) is 2.36. The van der Waals surface area contributed by atoms with E-state index in [1.807, 2.05) is 30.5 Å². The Morgan fingerprint density at radius 2 is 2.33 bits per heavy atom. The van der Waals surface area contributed by atoms with Crippen molar-refractivity contribution < 1.29 is 4.79 Å². The lowest BCUT2D eigenvalue weighted by molar-refractivity contribution is -0.120. The zero-order chi connectivity index (χ0) is 13.0. The molecule has 2 aromatic rings. The van der Waals surface area contributed by atoms with Crippen LogP contribution in [0.5, 0.6) is 0 Å². The maximum atomic E-state index is 11.2. The van der Waals surface area contributed by atoms with E-state index in [0.717, 1.165) is 16.5 Å². The van der Waals surface area contributed by atoms with Gasteiger partial charge in [-0.15, -0.1) is 5.53 Å². The smallest absolute Gasteiger partial charge is 0.262 e. The van der Waals surface area contributed by atoms with E-state index >= 15 is 0 Å². The predicted octanol–water partition coefficient (Wildman–Crippen LogP) is 1.38. The van der Waals surface area contributed by atoms with Gasteiger partial charge < -0.3 is 10.7 Å². The summed E-state index contributed by atoms with van der Waals surface area (Å²) < 4.78 is 0. The fraction of sp³-hybridized carbons (Fsp3) is 0.182. The minimum atomic E-state index is -0.722. The molecule has 1 aromatic heterocycles. The van der Waals surface area contributed by atoms with Gasteiger partial charge in [0.15, 0.2) is 6.04 Å². The fourth-order valence-electron chi connectivity index (χ4n) is 1.83. The van der Waals surface area contributed by atoms with Crippen molar-refractivity contribution in [1.29, 1.82) is 0 Å². The first-order chi connectivity index (χ1) is 8.72. The van der Waals surface area contributed by atoms with Crippen LogP contribution >= 0.6 is 0 Å². The summed E-state index contributed by atoms with van der Waals surface area (Å²) >= 11 is 0. The Hall–Kier alpha value is -2.66. The summed E-state index contributed by atoms with van der Waals surface area (Å²) in [5.41, 5.74) is 17.8. The number of para-hydroxylation sites is 1. The van der Waals surface area contributed by atoms with E-state index in [1.54, 1.807) is 0 Å². The quantitative estimate of drug-likeness (QED) is 0.318. The van der Waals surface area contributed by atoms with Crippen LogP contribution in [0.2, 0.25) is 0 Å². The van der Waals surface area contributed by atoms with Crippen LogP contribution in [0.4, 0.5) is 0 Å². The van der Waals surface area contributed by atoms with Crippen molar-refractivity contribution in [2.45, 2.75) is 12.5 Å². The molecule has 0 aliphatic carbocycles. The van der Waals surface area contributed by atoms with Gasteiger partial charge in [0.1, 0.15) is 0 Å². The van der Waals surface area contributed by atoms with Gasteiger partial charge in [-0.3, -0.25) is 4.79 Å². The number of nitrogens with zero attached hydrogens (tertiary/aromatic N) is 3. The molecule has 1 atom stereocenters. The van der Waals surface area contributed by atoms with Gasteiger partial charge in [-0.25, -0.2) is 5.43 Å². The molecule has 0 spiro atoms. The molecule has 0 saturated heterocycles. The molecule has 0 radical (unpaired) electrons. The number of amides is 1. The second kappa shape index (κ2) is 5.11. The number of benzene rings is 1. The molecule has 0 unspecified atom stereocenters. The molecule has 2 rings (SSSR count). The first kappa shape index (κ1) is 11.8. The minimum Gasteiger partial charge on any atom is -0.366 e. The number of H-pyrrole nitrogens is 1. The number of aromatic amines is 1. The highest BCUT2D eigenvalue weighted by Crippen LogP contribution is 2.18. The average molecular weight is 244 g/mol. The highest BCUT2D eigenvalue weighted by molar-refractivity contribution is 5.85. The van der Waals surface area contributed by atoms with E-state index in [4.69, 9.17) is 11.3 Å². The molecule has 7 nitrogen and oxygen atoms in total. The van der Waals surface area contributed by atoms with E-state index < -0.39 is 11.9 Å². The number of fused-ring (bicyclic) bond motifs is 1. The average Bonchev–Trinajstić information content (AvgIpc) is 2.77. The molecule has 0 fully saturated rings. The van der Waals surface area contributed by atoms with Crippen molar-refractivity contribution in [2.24, 2.45) is 11.0 Å². The maximum absolute atomic E-state index is 11.2. The molecule has 92 valence electrons. The van der Waals surface area contributed by atoms with Crippen LogP contribution in [0.15, 0.2) is 35.7 Å². The Labute approximate surface area is 103 Å². The summed E-state index contributed by atoms with van der Waals surface area (Å²) in [7, 11) is 0. The van der Waals surface area contributed by atoms with E-state index in [9.17, 15) is 4.79 Å². The molecule has 1 heterocycles. The Bertz CT molecular complexity index is 613. The Balaban J connectivity index is 2.25. The molecular weight excluding hydrogens is 232 g/mol. The summed E-state index contributed by atoms with van der Waals surface area (Å²) in [5, 5.41) is 4.19. The van der Waals surface area contributed by atoms with Gasteiger partial charge in [-0.1, -0.05) is 18.2 Å². The van der Waals surface area contributed by atoms with Crippen LogP contribution in [-0.2, 0) is 11.2 Å². The number of hydrogen-bond acceptors (Lipinski definition) is 2. The summed E-state index contributed by atoms with van der Waals surface area (Å²) in [4.78, 5) is 16.9. The lowest BCUT2D eigenvalue weighted by Gasteiger charge is -2.08. The van der Waals surface area contributed by atoms with Crippen LogP contribution in [0, 0.1) is 0 Å². The lowest BCUT2D eigenvalue weighted by atomic mass is 10.1. The van der Waals surface area contributed by atoms with Crippen molar-refractivity contribution in [3.05, 3.63) is 46.5 Å². The SMILES string of the molecule is [N-]=[N+]=NN[C@@H](Cc1c[nH]c2ccccc12)C(N)=O. The maximum Gasteiger partial charge on any atom is 0.262 e. The van der Waals surface area contributed by atoms with E-state index in [0.29, 0.717) is 6.42 Å². The number of rotatable bonds is 5. The van der Waals surface area contributed by atoms with Crippen molar-refractivity contribution in [2.75, 3.05) is 0 Å². The number of carbonyl (C=O) groups excluding carboxylic acids is 1. The summed E-state index contributed by atoms with van der Waals surface area (Å²) in [6.07, 6.45) is 2.18. The second-order valence-corrected chi connectivity index (χ2v) is 3.84. The first-order valence-corrected chi connectivity index (χ1v) is 5.36. The fourth-order valence-corrected chi connectivity index (χ4v) is 1.83. The molecule has 18 heavy (non-hydrogen) atoms. The molecule has 1 aromatic carbocycles. The van der Waals surface area contributed by atoms with Gasteiger partial charge in [-0.05, 0) is 16.9 Å². The number of hydrogen-bond donors (Lipinski definition) is 3. The summed E-state index contributed by atoms with van der Waals surface area (Å²) in [6, 6.07) is 7.01. The second-order valence-electron chi connectivity index (χ2n) is 3.84. The Kier molecular flexibility index (Phi) is 3.36. The number of azide groups is 1. The van der Waals surface area contributed by atoms with Gasteiger partial charge in [0.2, 0.25) is 0 Å². The third-order valence-corrected chi connectivity index (χ3v) is 2.70. The van der Waals surface area contributed by atoms with Gasteiger partial charge >= 0.3 is 0 Å². The zero-order valence-corrected chi connectivity index (χ0v) is 9.50. The van der Waals surface area contributed by atoms with Crippen LogP contribution in [0.25, 0.3) is 21.3 Å². The minimum absolute atomic E-state index is 0.359. The summed E-state index contributed by atoms with van der Waals surface area (Å²) in [5.74, 6) is -0.562. The number of carbonyl (C=O) groups is 1. The number of nitrogens with one attached hydrogen (secondary N) is 2. The van der Waals surface area contributed by atoms with Gasteiger partial charge in [-0.2, -0.15) is 4.91 Å². The largest absolute Gasteiger partial charge is 0.366 e. The normalized spacial score (nSPS) is 11.8. The van der Waals surface area contributed by atoms with Crippen LogP contribution in [-0.4, -0.2) is 16.9 Å². The van der Waals surface area contributed by atoms with Crippen molar-refractivity contribution in [3.63, 3.8) is 0 Å². The zero-order valence-electron chi connectivity index (χ0n) is 9.50.